The maximum absolute atomic E-state index is 12.0. The molecular formula is C17H12N2O4. The molecule has 6 heteroatoms. The van der Waals surface area contributed by atoms with E-state index in [0.717, 1.165) is 5.56 Å². The molecule has 0 unspecified atom stereocenters. The van der Waals surface area contributed by atoms with Gasteiger partial charge in [0.15, 0.2) is 5.58 Å². The Kier molecular flexibility index (Phi) is 3.69. The number of carbonyl (C=O) groups is 1. The smallest absolute Gasteiger partial charge is 0.420 e. The Balaban J connectivity index is 2.00. The van der Waals surface area contributed by atoms with Crippen molar-refractivity contribution < 1.29 is 13.9 Å². The van der Waals surface area contributed by atoms with Crippen molar-refractivity contribution in [2.45, 2.75) is 6.54 Å². The van der Waals surface area contributed by atoms with Crippen LogP contribution in [-0.2, 0) is 11.3 Å². The molecule has 0 saturated carbocycles. The molecule has 2 aromatic carbocycles. The SMILES string of the molecule is COC(=O)c1ccc2c(c1)oc(=O)n2Cc1ccc(C#N)cc1. The lowest BCUT2D eigenvalue weighted by atomic mass is 10.1. The summed E-state index contributed by atoms with van der Waals surface area (Å²) in [5.41, 5.74) is 2.66. The first-order valence-electron chi connectivity index (χ1n) is 6.83. The second-order valence-electron chi connectivity index (χ2n) is 4.94. The van der Waals surface area contributed by atoms with Crippen LogP contribution in [0.1, 0.15) is 21.5 Å². The number of hydrogen-bond donors (Lipinski definition) is 0. The van der Waals surface area contributed by atoms with Gasteiger partial charge in [0, 0.05) is 0 Å². The minimum absolute atomic E-state index is 0.315. The third-order valence-electron chi connectivity index (χ3n) is 3.51. The van der Waals surface area contributed by atoms with Crippen molar-refractivity contribution in [1.29, 1.82) is 5.26 Å². The monoisotopic (exact) mass is 308 g/mol. The largest absolute Gasteiger partial charge is 0.465 e. The molecule has 0 N–H and O–H groups in total. The molecule has 3 aromatic rings. The van der Waals surface area contributed by atoms with Crippen LogP contribution in [0.25, 0.3) is 11.1 Å². The number of aromatic nitrogens is 1. The van der Waals surface area contributed by atoms with Crippen molar-refractivity contribution in [2.24, 2.45) is 0 Å². The molecule has 0 radical (unpaired) electrons. The lowest BCUT2D eigenvalue weighted by Gasteiger charge is -2.03. The Hall–Kier alpha value is -3.33. The van der Waals surface area contributed by atoms with Gasteiger partial charge in [-0.3, -0.25) is 4.57 Å². The summed E-state index contributed by atoms with van der Waals surface area (Å²) in [4.78, 5) is 23.6. The third kappa shape index (κ3) is 2.72. The highest BCUT2D eigenvalue weighted by molar-refractivity contribution is 5.93. The molecule has 0 atom stereocenters. The van der Waals surface area contributed by atoms with E-state index >= 15 is 0 Å². The summed E-state index contributed by atoms with van der Waals surface area (Å²) in [6, 6.07) is 13.7. The van der Waals surface area contributed by atoms with Gasteiger partial charge in [0.1, 0.15) is 0 Å². The average Bonchev–Trinajstić information content (AvgIpc) is 2.89. The number of oxazole rings is 1. The summed E-state index contributed by atoms with van der Waals surface area (Å²) in [7, 11) is 1.29. The maximum atomic E-state index is 12.0. The van der Waals surface area contributed by atoms with Gasteiger partial charge < -0.3 is 9.15 Å². The van der Waals surface area contributed by atoms with E-state index in [9.17, 15) is 9.59 Å². The van der Waals surface area contributed by atoms with Crippen molar-refractivity contribution in [3.05, 3.63) is 69.7 Å². The first-order chi connectivity index (χ1) is 11.1. The molecule has 0 spiro atoms. The standard InChI is InChI=1S/C17H12N2O4/c1-22-16(20)13-6-7-14-15(8-13)23-17(21)19(14)10-12-4-2-11(9-18)3-5-12/h2-8H,10H2,1H3. The van der Waals surface area contributed by atoms with Crippen LogP contribution >= 0.6 is 0 Å². The molecular weight excluding hydrogens is 296 g/mol. The van der Waals surface area contributed by atoms with Gasteiger partial charge in [0.05, 0.1) is 36.4 Å². The minimum Gasteiger partial charge on any atom is -0.465 e. The van der Waals surface area contributed by atoms with Crippen LogP contribution in [0.15, 0.2) is 51.7 Å². The van der Waals surface area contributed by atoms with Crippen LogP contribution in [0, 0.1) is 11.3 Å². The molecule has 114 valence electrons. The summed E-state index contributed by atoms with van der Waals surface area (Å²) < 4.78 is 11.3. The number of rotatable bonds is 3. The second-order valence-corrected chi connectivity index (χ2v) is 4.94. The van der Waals surface area contributed by atoms with Crippen LogP contribution < -0.4 is 5.76 Å². The number of fused-ring (bicyclic) bond motifs is 1. The number of hydrogen-bond acceptors (Lipinski definition) is 5. The number of methoxy groups -OCH3 is 1. The van der Waals surface area contributed by atoms with Gasteiger partial charge in [-0.15, -0.1) is 0 Å². The molecule has 0 aliphatic heterocycles. The third-order valence-corrected chi connectivity index (χ3v) is 3.51. The van der Waals surface area contributed by atoms with Gasteiger partial charge in [0.2, 0.25) is 0 Å². The summed E-state index contributed by atoms with van der Waals surface area (Å²) in [6.07, 6.45) is 0. The predicted molar refractivity (Wildman–Crippen MR) is 82.1 cm³/mol. The zero-order valence-corrected chi connectivity index (χ0v) is 12.3. The second kappa shape index (κ2) is 5.81. The number of ether oxygens (including phenoxy) is 1. The van der Waals surface area contributed by atoms with Crippen LogP contribution in [0.2, 0.25) is 0 Å². The Morgan fingerprint density at radius 3 is 2.65 bits per heavy atom. The van der Waals surface area contributed by atoms with Gasteiger partial charge in [-0.05, 0) is 35.9 Å². The quantitative estimate of drug-likeness (QED) is 0.693. The number of nitrogens with zero attached hydrogens (tertiary/aromatic N) is 2. The van der Waals surface area contributed by atoms with Gasteiger partial charge in [-0.1, -0.05) is 12.1 Å². The number of benzene rings is 2. The first kappa shape index (κ1) is 14.6. The molecule has 1 aromatic heterocycles. The van der Waals surface area contributed by atoms with Crippen molar-refractivity contribution in [1.82, 2.24) is 4.57 Å². The highest BCUT2D eigenvalue weighted by Gasteiger charge is 2.13. The van der Waals surface area contributed by atoms with Crippen molar-refractivity contribution in [2.75, 3.05) is 7.11 Å². The van der Waals surface area contributed by atoms with E-state index in [-0.39, 0.29) is 0 Å². The number of nitriles is 1. The summed E-state index contributed by atoms with van der Waals surface area (Å²) in [5.74, 6) is -0.999. The number of carbonyl (C=O) groups excluding carboxylic acids is 1. The first-order valence-corrected chi connectivity index (χ1v) is 6.83. The fraction of sp³-hybridized carbons (Fsp3) is 0.118. The summed E-state index contributed by atoms with van der Waals surface area (Å²) >= 11 is 0. The molecule has 6 nitrogen and oxygen atoms in total. The molecule has 1 heterocycles. The van der Waals surface area contributed by atoms with Crippen LogP contribution in [-0.4, -0.2) is 17.6 Å². The zero-order chi connectivity index (χ0) is 16.4. The lowest BCUT2D eigenvalue weighted by Crippen LogP contribution is -2.14. The normalized spacial score (nSPS) is 10.4. The maximum Gasteiger partial charge on any atom is 0.420 e. The highest BCUT2D eigenvalue weighted by Crippen LogP contribution is 2.17. The lowest BCUT2D eigenvalue weighted by molar-refractivity contribution is 0.0601. The van der Waals surface area contributed by atoms with E-state index in [1.807, 2.05) is 6.07 Å². The Morgan fingerprint density at radius 2 is 2.00 bits per heavy atom. The van der Waals surface area contributed by atoms with E-state index in [4.69, 9.17) is 9.68 Å². The Labute approximate surface area is 131 Å². The van der Waals surface area contributed by atoms with Crippen molar-refractivity contribution >= 4 is 17.1 Å². The van der Waals surface area contributed by atoms with E-state index in [2.05, 4.69) is 4.74 Å². The Morgan fingerprint density at radius 1 is 1.26 bits per heavy atom. The zero-order valence-electron chi connectivity index (χ0n) is 12.3. The van der Waals surface area contributed by atoms with E-state index < -0.39 is 11.7 Å². The molecule has 0 fully saturated rings. The van der Waals surface area contributed by atoms with E-state index in [0.29, 0.717) is 28.8 Å². The van der Waals surface area contributed by atoms with Crippen LogP contribution in [0.3, 0.4) is 0 Å². The summed E-state index contributed by atoms with van der Waals surface area (Å²) in [5, 5.41) is 8.80. The molecule has 0 aliphatic rings. The van der Waals surface area contributed by atoms with Gasteiger partial charge in [-0.25, -0.2) is 9.59 Å². The van der Waals surface area contributed by atoms with Crippen LogP contribution in [0.5, 0.6) is 0 Å². The van der Waals surface area contributed by atoms with Gasteiger partial charge in [-0.2, -0.15) is 5.26 Å². The van der Waals surface area contributed by atoms with Crippen LogP contribution in [0.4, 0.5) is 0 Å². The number of esters is 1. The molecule has 0 aliphatic carbocycles. The highest BCUT2D eigenvalue weighted by atomic mass is 16.5. The fourth-order valence-electron chi connectivity index (χ4n) is 2.33. The topological polar surface area (TPSA) is 85.2 Å². The van der Waals surface area contributed by atoms with E-state index in [1.165, 1.54) is 17.7 Å². The van der Waals surface area contributed by atoms with Gasteiger partial charge in [0.25, 0.3) is 0 Å². The Bertz CT molecular complexity index is 974. The molecule has 0 amide bonds. The van der Waals surface area contributed by atoms with Crippen molar-refractivity contribution in [3.63, 3.8) is 0 Å². The molecule has 0 bridgehead atoms. The minimum atomic E-state index is -0.508. The average molecular weight is 308 g/mol. The van der Waals surface area contributed by atoms with E-state index in [1.54, 1.807) is 36.4 Å². The summed E-state index contributed by atoms with van der Waals surface area (Å²) in [6.45, 7) is 0.315. The molecule has 0 saturated heterocycles. The molecule has 23 heavy (non-hydrogen) atoms. The van der Waals surface area contributed by atoms with Gasteiger partial charge >= 0.3 is 11.7 Å². The van der Waals surface area contributed by atoms with Crippen molar-refractivity contribution in [3.8, 4) is 6.07 Å². The predicted octanol–water partition coefficient (Wildman–Crippen LogP) is 2.30. The fourth-order valence-corrected chi connectivity index (χ4v) is 2.33. The molecule has 3 rings (SSSR count).